The van der Waals surface area contributed by atoms with E-state index < -0.39 is 0 Å². The highest BCUT2D eigenvalue weighted by molar-refractivity contribution is 9.10. The van der Waals surface area contributed by atoms with Gasteiger partial charge in [-0.15, -0.1) is 0 Å². The number of rotatable bonds is 6. The number of hydrogen-bond donors (Lipinski definition) is 1. The molecule has 2 N–H and O–H groups in total. The molecule has 0 aliphatic carbocycles. The number of para-hydroxylation sites is 1. The number of halogens is 1. The Balaban J connectivity index is 2.03. The highest BCUT2D eigenvalue weighted by atomic mass is 79.9. The Labute approximate surface area is 124 Å². The molecule has 0 aromatic heterocycles. The third-order valence-corrected chi connectivity index (χ3v) is 4.25. The second kappa shape index (κ2) is 6.94. The molecule has 0 bridgehead atoms. The lowest BCUT2D eigenvalue weighted by Crippen LogP contribution is -2.41. The van der Waals surface area contributed by atoms with Crippen LogP contribution in [0.5, 0.6) is 0 Å². The fraction of sp³-hybridized carbons (Fsp3) is 0.533. The zero-order valence-corrected chi connectivity index (χ0v) is 13.1. The first-order valence-electron chi connectivity index (χ1n) is 7.07. The molecule has 0 fully saturated rings. The van der Waals surface area contributed by atoms with E-state index in [1.54, 1.807) is 0 Å². The lowest BCUT2D eigenvalue weighted by atomic mass is 10.1. The average Bonchev–Trinajstić information content (AvgIpc) is 2.77. The van der Waals surface area contributed by atoms with Gasteiger partial charge in [0.25, 0.3) is 0 Å². The molecule has 1 unspecified atom stereocenters. The molecule has 2 rings (SSSR count). The van der Waals surface area contributed by atoms with Crippen molar-refractivity contribution in [3.63, 3.8) is 0 Å². The van der Waals surface area contributed by atoms with E-state index in [1.165, 1.54) is 25.7 Å². The van der Waals surface area contributed by atoms with Gasteiger partial charge in [-0.25, -0.2) is 0 Å². The van der Waals surface area contributed by atoms with E-state index in [0.29, 0.717) is 12.0 Å². The van der Waals surface area contributed by atoms with Crippen molar-refractivity contribution in [3.05, 3.63) is 28.7 Å². The highest BCUT2D eigenvalue weighted by Gasteiger charge is 2.27. The van der Waals surface area contributed by atoms with Crippen LogP contribution in [0.2, 0.25) is 0 Å². The molecule has 0 amide bonds. The molecule has 104 valence electrons. The predicted molar refractivity (Wildman–Crippen MR) is 85.7 cm³/mol. The topological polar surface area (TPSA) is 41.6 Å². The van der Waals surface area contributed by atoms with E-state index in [1.807, 2.05) is 12.1 Å². The van der Waals surface area contributed by atoms with Gasteiger partial charge in [0, 0.05) is 4.47 Å². The van der Waals surface area contributed by atoms with Crippen molar-refractivity contribution in [2.45, 2.75) is 45.1 Å². The van der Waals surface area contributed by atoms with Gasteiger partial charge in [0.15, 0.2) is 5.96 Å². The monoisotopic (exact) mass is 323 g/mol. The second-order valence-corrected chi connectivity index (χ2v) is 5.88. The Morgan fingerprint density at radius 1 is 1.32 bits per heavy atom. The summed E-state index contributed by atoms with van der Waals surface area (Å²) < 4.78 is 1.08. The van der Waals surface area contributed by atoms with Crippen LogP contribution in [0, 0.1) is 0 Å². The molecule has 1 aromatic carbocycles. The van der Waals surface area contributed by atoms with Gasteiger partial charge in [-0.2, -0.15) is 0 Å². The van der Waals surface area contributed by atoms with Crippen molar-refractivity contribution in [2.24, 2.45) is 10.7 Å². The highest BCUT2D eigenvalue weighted by Crippen LogP contribution is 2.30. The first kappa shape index (κ1) is 14.4. The molecular weight excluding hydrogens is 302 g/mol. The molecule has 0 spiro atoms. The molecule has 1 aromatic rings. The van der Waals surface area contributed by atoms with Crippen molar-refractivity contribution in [1.82, 2.24) is 0 Å². The lowest BCUT2D eigenvalue weighted by molar-refractivity contribution is 0.565. The molecule has 1 aliphatic rings. The van der Waals surface area contributed by atoms with Crippen molar-refractivity contribution in [2.75, 3.05) is 11.4 Å². The lowest BCUT2D eigenvalue weighted by Gasteiger charge is -2.27. The number of nitrogens with two attached hydrogens (primary N) is 1. The number of nitrogens with zero attached hydrogens (tertiary/aromatic N) is 2. The number of anilines is 1. The number of aliphatic imine (C=N–C) groups is 1. The van der Waals surface area contributed by atoms with Gasteiger partial charge in [-0.3, -0.25) is 4.99 Å². The molecule has 1 heterocycles. The third kappa shape index (κ3) is 3.50. The van der Waals surface area contributed by atoms with Crippen LogP contribution >= 0.6 is 15.9 Å². The summed E-state index contributed by atoms with van der Waals surface area (Å²) in [5.41, 5.74) is 7.18. The number of benzene rings is 1. The van der Waals surface area contributed by atoms with Crippen LogP contribution in [0.25, 0.3) is 0 Å². The van der Waals surface area contributed by atoms with Crippen molar-refractivity contribution in [3.8, 4) is 0 Å². The Bertz CT molecular complexity index is 445. The third-order valence-electron chi connectivity index (χ3n) is 3.58. The van der Waals surface area contributed by atoms with E-state index in [9.17, 15) is 0 Å². The van der Waals surface area contributed by atoms with Gasteiger partial charge in [0.2, 0.25) is 0 Å². The zero-order chi connectivity index (χ0) is 13.7. The summed E-state index contributed by atoms with van der Waals surface area (Å²) in [6.45, 7) is 3.06. The van der Waals surface area contributed by atoms with Crippen LogP contribution in [0.4, 0.5) is 5.69 Å². The van der Waals surface area contributed by atoms with Gasteiger partial charge < -0.3 is 10.6 Å². The molecule has 4 heteroatoms. The SMILES string of the molecule is CCCCCCC1CN=C(N)N1c1ccccc1Br. The van der Waals surface area contributed by atoms with Crippen LogP contribution in [-0.2, 0) is 0 Å². The smallest absolute Gasteiger partial charge is 0.196 e. The van der Waals surface area contributed by atoms with E-state index in [4.69, 9.17) is 5.73 Å². The maximum absolute atomic E-state index is 6.06. The molecule has 1 aliphatic heterocycles. The van der Waals surface area contributed by atoms with E-state index >= 15 is 0 Å². The van der Waals surface area contributed by atoms with E-state index in [0.717, 1.165) is 23.1 Å². The average molecular weight is 324 g/mol. The number of guanidine groups is 1. The molecular formula is C15H22BrN3. The fourth-order valence-electron chi connectivity index (χ4n) is 2.54. The van der Waals surface area contributed by atoms with Crippen LogP contribution in [0.1, 0.15) is 39.0 Å². The Morgan fingerprint density at radius 3 is 2.84 bits per heavy atom. The van der Waals surface area contributed by atoms with Crippen LogP contribution in [0.15, 0.2) is 33.7 Å². The van der Waals surface area contributed by atoms with Crippen molar-refractivity contribution < 1.29 is 0 Å². The van der Waals surface area contributed by atoms with Gasteiger partial charge in [-0.1, -0.05) is 44.7 Å². The summed E-state index contributed by atoms with van der Waals surface area (Å²) in [7, 11) is 0. The maximum Gasteiger partial charge on any atom is 0.196 e. The van der Waals surface area contributed by atoms with Crippen molar-refractivity contribution >= 4 is 27.6 Å². The van der Waals surface area contributed by atoms with E-state index in [2.05, 4.69) is 44.9 Å². The van der Waals surface area contributed by atoms with Gasteiger partial charge in [0.1, 0.15) is 0 Å². The van der Waals surface area contributed by atoms with Crippen LogP contribution < -0.4 is 10.6 Å². The largest absolute Gasteiger partial charge is 0.370 e. The molecule has 0 radical (unpaired) electrons. The van der Waals surface area contributed by atoms with Crippen LogP contribution in [-0.4, -0.2) is 18.5 Å². The minimum Gasteiger partial charge on any atom is -0.370 e. The second-order valence-electron chi connectivity index (χ2n) is 5.02. The molecule has 1 atom stereocenters. The summed E-state index contributed by atoms with van der Waals surface area (Å²) in [6.07, 6.45) is 6.31. The summed E-state index contributed by atoms with van der Waals surface area (Å²) >= 11 is 3.60. The number of unbranched alkanes of at least 4 members (excludes halogenated alkanes) is 3. The summed E-state index contributed by atoms with van der Waals surface area (Å²) in [6, 6.07) is 8.62. The quantitative estimate of drug-likeness (QED) is 0.806. The Kier molecular flexibility index (Phi) is 5.25. The molecule has 3 nitrogen and oxygen atoms in total. The van der Waals surface area contributed by atoms with Gasteiger partial charge in [-0.05, 0) is 34.5 Å². The van der Waals surface area contributed by atoms with Gasteiger partial charge in [0.05, 0.1) is 18.3 Å². The number of hydrogen-bond acceptors (Lipinski definition) is 3. The minimum atomic E-state index is 0.413. The maximum atomic E-state index is 6.06. The zero-order valence-electron chi connectivity index (χ0n) is 11.5. The normalized spacial score (nSPS) is 18.7. The summed E-state index contributed by atoms with van der Waals surface area (Å²) in [5.74, 6) is 0.646. The Morgan fingerprint density at radius 2 is 2.11 bits per heavy atom. The first-order chi connectivity index (χ1) is 9.24. The first-order valence-corrected chi connectivity index (χ1v) is 7.87. The van der Waals surface area contributed by atoms with E-state index in [-0.39, 0.29) is 0 Å². The van der Waals surface area contributed by atoms with Gasteiger partial charge >= 0.3 is 0 Å². The predicted octanol–water partition coefficient (Wildman–Crippen LogP) is 3.92. The van der Waals surface area contributed by atoms with Crippen LogP contribution in [0.3, 0.4) is 0 Å². The molecule has 0 saturated carbocycles. The fourth-order valence-corrected chi connectivity index (χ4v) is 3.01. The Hall–Kier alpha value is -1.03. The standard InChI is InChI=1S/C15H22BrN3/c1-2-3-4-5-8-12-11-18-15(17)19(12)14-10-7-6-9-13(14)16/h6-7,9-10,12H,2-5,8,11H2,1H3,(H2,17,18). The molecule has 0 saturated heterocycles. The minimum absolute atomic E-state index is 0.413. The van der Waals surface area contributed by atoms with Crippen molar-refractivity contribution in [1.29, 1.82) is 0 Å². The molecule has 19 heavy (non-hydrogen) atoms. The summed E-state index contributed by atoms with van der Waals surface area (Å²) in [5, 5.41) is 0. The summed E-state index contributed by atoms with van der Waals surface area (Å²) in [4.78, 5) is 6.59.